The molecule has 14 heavy (non-hydrogen) atoms. The molecule has 0 aliphatic rings. The number of nitrogens with zero attached hydrogens (tertiary/aromatic N) is 1. The zero-order valence-corrected chi connectivity index (χ0v) is 8.51. The quantitative estimate of drug-likeness (QED) is 0.573. The van der Waals surface area contributed by atoms with Crippen molar-refractivity contribution in [3.63, 3.8) is 0 Å². The lowest BCUT2D eigenvalue weighted by Gasteiger charge is -2.09. The molecular weight excluding hydrogens is 222 g/mol. The van der Waals surface area contributed by atoms with Crippen molar-refractivity contribution in [2.45, 2.75) is 4.90 Å². The lowest BCUT2D eigenvalue weighted by Crippen LogP contribution is -1.94. The second kappa shape index (κ2) is 4.91. The Morgan fingerprint density at radius 3 is 2.71 bits per heavy atom. The fourth-order valence-electron chi connectivity index (χ4n) is 0.978. The molecule has 0 aromatic heterocycles. The summed E-state index contributed by atoms with van der Waals surface area (Å²) >= 11 is 3.03. The molecule has 0 radical (unpaired) electrons. The molecule has 0 heterocycles. The monoisotopic (exact) mass is 226 g/mol. The van der Waals surface area contributed by atoms with Gasteiger partial charge < -0.3 is 4.55 Å². The third-order valence-electron chi connectivity index (χ3n) is 1.59. The molecule has 0 aliphatic carbocycles. The van der Waals surface area contributed by atoms with Crippen LogP contribution in [-0.4, -0.2) is 8.76 Å². The van der Waals surface area contributed by atoms with E-state index in [2.05, 4.69) is 0 Å². The molecule has 0 amide bonds. The van der Waals surface area contributed by atoms with Gasteiger partial charge in [-0.1, -0.05) is 29.8 Å². The van der Waals surface area contributed by atoms with Gasteiger partial charge in [0.05, 0.1) is 5.57 Å². The summed E-state index contributed by atoms with van der Waals surface area (Å²) in [5.41, 5.74) is 1.51. The van der Waals surface area contributed by atoms with E-state index in [1.807, 2.05) is 6.07 Å². The molecule has 0 saturated heterocycles. The highest BCUT2D eigenvalue weighted by molar-refractivity contribution is 7.79. The van der Waals surface area contributed by atoms with E-state index in [9.17, 15) is 8.76 Å². The van der Waals surface area contributed by atoms with Gasteiger partial charge in [-0.15, -0.1) is 0 Å². The summed E-state index contributed by atoms with van der Waals surface area (Å²) in [6, 6.07) is 7.99. The van der Waals surface area contributed by atoms with Crippen molar-refractivity contribution < 1.29 is 8.76 Å². The largest absolute Gasteiger partial charge is 0.768 e. The molecule has 0 bridgehead atoms. The average Bonchev–Trinajstić information content (AvgIpc) is 2.20. The van der Waals surface area contributed by atoms with Crippen molar-refractivity contribution >= 4 is 28.3 Å². The highest BCUT2D eigenvalue weighted by Gasteiger charge is 2.06. The van der Waals surface area contributed by atoms with E-state index in [0.29, 0.717) is 5.56 Å². The Labute approximate surface area is 88.9 Å². The van der Waals surface area contributed by atoms with Crippen LogP contribution >= 0.6 is 11.6 Å². The molecule has 1 unspecified atom stereocenters. The highest BCUT2D eigenvalue weighted by Crippen LogP contribution is 2.21. The van der Waals surface area contributed by atoms with Crippen molar-refractivity contribution in [2.75, 3.05) is 0 Å². The van der Waals surface area contributed by atoms with E-state index in [1.54, 1.807) is 12.1 Å². The first-order chi connectivity index (χ1) is 6.70. The Bertz CT molecular complexity index is 437. The number of benzene rings is 1. The minimum absolute atomic E-state index is 0.0703. The molecule has 0 aliphatic heterocycles. The molecule has 1 rings (SSSR count). The molecule has 1 aromatic carbocycles. The first-order valence-corrected chi connectivity index (χ1v) is 5.11. The van der Waals surface area contributed by atoms with Crippen LogP contribution in [-0.2, 0) is 11.1 Å². The maximum atomic E-state index is 10.8. The van der Waals surface area contributed by atoms with Gasteiger partial charge in [-0.25, -0.2) is 0 Å². The summed E-state index contributed by atoms with van der Waals surface area (Å²) in [7, 11) is 0. The summed E-state index contributed by atoms with van der Waals surface area (Å²) in [4.78, 5) is 0.0703. The summed E-state index contributed by atoms with van der Waals surface area (Å²) in [6.07, 6.45) is 0. The smallest absolute Gasteiger partial charge is 0.101 e. The minimum atomic E-state index is -2.36. The van der Waals surface area contributed by atoms with Gasteiger partial charge >= 0.3 is 0 Å². The van der Waals surface area contributed by atoms with Gasteiger partial charge in [0.15, 0.2) is 0 Å². The fourth-order valence-corrected chi connectivity index (χ4v) is 1.69. The zero-order valence-electron chi connectivity index (χ0n) is 6.94. The maximum Gasteiger partial charge on any atom is 0.101 e. The molecule has 5 heteroatoms. The van der Waals surface area contributed by atoms with E-state index in [4.69, 9.17) is 16.9 Å². The predicted octanol–water partition coefficient (Wildman–Crippen LogP) is 2.03. The van der Waals surface area contributed by atoms with Crippen LogP contribution in [0.1, 0.15) is 5.56 Å². The first kappa shape index (κ1) is 10.9. The Morgan fingerprint density at radius 1 is 1.57 bits per heavy atom. The van der Waals surface area contributed by atoms with Crippen LogP contribution in [0, 0.1) is 11.3 Å². The lowest BCUT2D eigenvalue weighted by molar-refractivity contribution is 0.537. The van der Waals surface area contributed by atoms with Gasteiger partial charge in [0, 0.05) is 16.0 Å². The number of nitriles is 1. The SMILES string of the molecule is N#CC(=CCl)c1ccccc1S(=O)[O-]. The highest BCUT2D eigenvalue weighted by atomic mass is 35.5. The fraction of sp³-hybridized carbons (Fsp3) is 0. The molecule has 3 nitrogen and oxygen atoms in total. The van der Waals surface area contributed by atoms with Gasteiger partial charge in [-0.3, -0.25) is 4.21 Å². The van der Waals surface area contributed by atoms with E-state index in [-0.39, 0.29) is 10.5 Å². The molecule has 0 N–H and O–H groups in total. The molecule has 72 valence electrons. The van der Waals surface area contributed by atoms with Crippen LogP contribution < -0.4 is 0 Å². The molecule has 0 fully saturated rings. The third-order valence-corrected chi connectivity index (χ3v) is 2.52. The number of halogens is 1. The van der Waals surface area contributed by atoms with E-state index in [0.717, 1.165) is 5.54 Å². The van der Waals surface area contributed by atoms with Gasteiger partial charge in [0.2, 0.25) is 0 Å². The topological polar surface area (TPSA) is 63.9 Å². The second-order valence-electron chi connectivity index (χ2n) is 2.37. The van der Waals surface area contributed by atoms with Crippen molar-refractivity contribution in [3.05, 3.63) is 35.4 Å². The van der Waals surface area contributed by atoms with Crippen molar-refractivity contribution in [2.24, 2.45) is 0 Å². The number of rotatable bonds is 2. The van der Waals surface area contributed by atoms with Crippen LogP contribution in [0.15, 0.2) is 34.7 Å². The Balaban J connectivity index is 3.35. The van der Waals surface area contributed by atoms with Crippen LogP contribution in [0.3, 0.4) is 0 Å². The lowest BCUT2D eigenvalue weighted by atomic mass is 10.1. The molecular formula is C9H5ClNO2S-. The summed E-state index contributed by atoms with van der Waals surface area (Å²) < 4.78 is 21.6. The van der Waals surface area contributed by atoms with Gasteiger partial charge in [-0.2, -0.15) is 5.26 Å². The van der Waals surface area contributed by atoms with E-state index >= 15 is 0 Å². The number of hydrogen-bond donors (Lipinski definition) is 0. The van der Waals surface area contributed by atoms with Gasteiger partial charge in [-0.05, 0) is 17.1 Å². The second-order valence-corrected chi connectivity index (χ2v) is 3.49. The summed E-state index contributed by atoms with van der Waals surface area (Å²) in [5, 5.41) is 8.68. The first-order valence-electron chi connectivity index (χ1n) is 3.60. The van der Waals surface area contributed by atoms with Crippen molar-refractivity contribution in [1.29, 1.82) is 5.26 Å². The maximum absolute atomic E-state index is 10.8. The van der Waals surface area contributed by atoms with Crippen LogP contribution in [0.25, 0.3) is 5.57 Å². The standard InChI is InChI=1S/C9H6ClNO2S/c10-5-7(6-11)8-3-1-2-4-9(8)14(12)13/h1-5H,(H,12,13)/p-1. The van der Waals surface area contributed by atoms with Crippen molar-refractivity contribution in [3.8, 4) is 6.07 Å². The summed E-state index contributed by atoms with van der Waals surface area (Å²) in [5.74, 6) is 0. The summed E-state index contributed by atoms with van der Waals surface area (Å²) in [6.45, 7) is 0. The Kier molecular flexibility index (Phi) is 3.84. The van der Waals surface area contributed by atoms with Crippen LogP contribution in [0.4, 0.5) is 0 Å². The number of hydrogen-bond acceptors (Lipinski definition) is 3. The number of allylic oxidation sites excluding steroid dienone is 1. The Morgan fingerprint density at radius 2 is 2.21 bits per heavy atom. The third kappa shape index (κ3) is 2.20. The van der Waals surface area contributed by atoms with Crippen molar-refractivity contribution in [1.82, 2.24) is 0 Å². The van der Waals surface area contributed by atoms with Gasteiger partial charge in [0.25, 0.3) is 0 Å². The van der Waals surface area contributed by atoms with E-state index in [1.165, 1.54) is 12.1 Å². The molecule has 0 saturated carbocycles. The Hall–Kier alpha value is -1.15. The van der Waals surface area contributed by atoms with Gasteiger partial charge in [0.1, 0.15) is 6.07 Å². The van der Waals surface area contributed by atoms with Crippen LogP contribution in [0.5, 0.6) is 0 Å². The zero-order chi connectivity index (χ0) is 10.6. The molecule has 1 aromatic rings. The molecule has 0 spiro atoms. The van der Waals surface area contributed by atoms with E-state index < -0.39 is 11.1 Å². The minimum Gasteiger partial charge on any atom is -0.768 e. The average molecular weight is 227 g/mol. The normalized spacial score (nSPS) is 13.4. The molecule has 1 atom stereocenters. The van der Waals surface area contributed by atoms with Crippen LogP contribution in [0.2, 0.25) is 0 Å². The predicted molar refractivity (Wildman–Crippen MR) is 53.1 cm³/mol.